The molecule has 0 aliphatic carbocycles. The SMILES string of the molecule is Cc1ccc(CN2CCCn3cccc3[C@H]2c2ccc(C(F)(F)F)cc2)cc1. The largest absolute Gasteiger partial charge is 0.416 e. The first-order valence-electron chi connectivity index (χ1n) is 9.53. The van der Waals surface area contributed by atoms with Crippen LogP contribution in [0.1, 0.15) is 40.4 Å². The van der Waals surface area contributed by atoms with Crippen molar-refractivity contribution in [2.45, 2.75) is 38.7 Å². The zero-order chi connectivity index (χ0) is 19.7. The van der Waals surface area contributed by atoms with Crippen molar-refractivity contribution in [2.75, 3.05) is 6.54 Å². The fourth-order valence-corrected chi connectivity index (χ4v) is 3.97. The van der Waals surface area contributed by atoms with Crippen molar-refractivity contribution < 1.29 is 13.2 Å². The number of hydrogen-bond donors (Lipinski definition) is 0. The van der Waals surface area contributed by atoms with E-state index in [4.69, 9.17) is 0 Å². The Hall–Kier alpha value is -2.53. The van der Waals surface area contributed by atoms with E-state index >= 15 is 0 Å². The lowest BCUT2D eigenvalue weighted by molar-refractivity contribution is -0.137. The highest BCUT2D eigenvalue weighted by Gasteiger charge is 2.32. The van der Waals surface area contributed by atoms with Gasteiger partial charge in [-0.2, -0.15) is 13.2 Å². The van der Waals surface area contributed by atoms with Gasteiger partial charge in [0, 0.05) is 31.5 Å². The maximum Gasteiger partial charge on any atom is 0.416 e. The molecule has 0 saturated carbocycles. The van der Waals surface area contributed by atoms with Crippen LogP contribution in [-0.4, -0.2) is 16.0 Å². The topological polar surface area (TPSA) is 8.17 Å². The van der Waals surface area contributed by atoms with Gasteiger partial charge >= 0.3 is 6.18 Å². The number of alkyl halides is 3. The Morgan fingerprint density at radius 3 is 2.32 bits per heavy atom. The van der Waals surface area contributed by atoms with E-state index in [2.05, 4.69) is 52.9 Å². The maximum absolute atomic E-state index is 13.0. The van der Waals surface area contributed by atoms with E-state index in [0.29, 0.717) is 0 Å². The number of nitrogens with zero attached hydrogens (tertiary/aromatic N) is 2. The Bertz CT molecular complexity index is 924. The second kappa shape index (κ2) is 7.47. The second-order valence-corrected chi connectivity index (χ2v) is 7.46. The Balaban J connectivity index is 1.71. The third kappa shape index (κ3) is 3.85. The molecule has 1 aliphatic heterocycles. The predicted molar refractivity (Wildman–Crippen MR) is 104 cm³/mol. The highest BCUT2D eigenvalue weighted by Crippen LogP contribution is 2.35. The predicted octanol–water partition coefficient (Wildman–Crippen LogP) is 5.81. The summed E-state index contributed by atoms with van der Waals surface area (Å²) in [6.07, 6.45) is -1.25. The summed E-state index contributed by atoms with van der Waals surface area (Å²) in [5.74, 6) is 0. The van der Waals surface area contributed by atoms with E-state index in [1.54, 1.807) is 12.1 Å². The molecule has 0 unspecified atom stereocenters. The molecular weight excluding hydrogens is 361 g/mol. The average Bonchev–Trinajstić information content (AvgIpc) is 3.05. The molecule has 2 aromatic carbocycles. The third-order valence-electron chi connectivity index (χ3n) is 5.41. The Labute approximate surface area is 163 Å². The highest BCUT2D eigenvalue weighted by atomic mass is 19.4. The minimum Gasteiger partial charge on any atom is -0.350 e. The van der Waals surface area contributed by atoms with Gasteiger partial charge in [0.2, 0.25) is 0 Å². The lowest BCUT2D eigenvalue weighted by atomic mass is 9.99. The standard InChI is InChI=1S/C23H23F3N2/c1-17-5-7-18(8-6-17)16-28-15-3-14-27-13-2-4-21(27)22(28)19-9-11-20(12-10-19)23(24,25)26/h2,4-13,22H,3,14-16H2,1H3/t22-/m1/s1. The molecule has 0 fully saturated rings. The molecule has 1 aliphatic rings. The lowest BCUT2D eigenvalue weighted by Crippen LogP contribution is -2.29. The average molecular weight is 384 g/mol. The Kier molecular flexibility index (Phi) is 5.02. The van der Waals surface area contributed by atoms with Crippen LogP contribution in [0.2, 0.25) is 0 Å². The summed E-state index contributed by atoms with van der Waals surface area (Å²) in [7, 11) is 0. The van der Waals surface area contributed by atoms with Crippen molar-refractivity contribution in [3.05, 3.63) is 94.8 Å². The third-order valence-corrected chi connectivity index (χ3v) is 5.41. The quantitative estimate of drug-likeness (QED) is 0.553. The summed E-state index contributed by atoms with van der Waals surface area (Å²) in [4.78, 5) is 2.37. The molecule has 28 heavy (non-hydrogen) atoms. The van der Waals surface area contributed by atoms with Gasteiger partial charge in [-0.3, -0.25) is 4.90 Å². The lowest BCUT2D eigenvalue weighted by Gasteiger charge is -2.31. The molecule has 2 heterocycles. The maximum atomic E-state index is 13.0. The van der Waals surface area contributed by atoms with E-state index in [0.717, 1.165) is 37.3 Å². The summed E-state index contributed by atoms with van der Waals surface area (Å²) < 4.78 is 41.2. The molecule has 1 atom stereocenters. The molecule has 2 nitrogen and oxygen atoms in total. The molecular formula is C23H23F3N2. The second-order valence-electron chi connectivity index (χ2n) is 7.46. The van der Waals surface area contributed by atoms with Gasteiger partial charge in [-0.15, -0.1) is 0 Å². The highest BCUT2D eigenvalue weighted by molar-refractivity contribution is 5.33. The van der Waals surface area contributed by atoms with Crippen LogP contribution < -0.4 is 0 Å². The van der Waals surface area contributed by atoms with Crippen molar-refractivity contribution in [1.29, 1.82) is 0 Å². The minimum atomic E-state index is -4.32. The fourth-order valence-electron chi connectivity index (χ4n) is 3.97. The monoisotopic (exact) mass is 384 g/mol. The molecule has 0 bridgehead atoms. The summed E-state index contributed by atoms with van der Waals surface area (Å²) in [6, 6.07) is 18.1. The molecule has 5 heteroatoms. The van der Waals surface area contributed by atoms with Crippen LogP contribution in [0, 0.1) is 6.92 Å². The number of halogens is 3. The fraction of sp³-hybridized carbons (Fsp3) is 0.304. The zero-order valence-corrected chi connectivity index (χ0v) is 15.8. The van der Waals surface area contributed by atoms with Gasteiger partial charge in [0.15, 0.2) is 0 Å². The molecule has 0 amide bonds. The first kappa shape index (κ1) is 18.8. The normalized spacial score (nSPS) is 17.9. The van der Waals surface area contributed by atoms with Gasteiger partial charge in [-0.25, -0.2) is 0 Å². The molecule has 146 valence electrons. The number of aromatic nitrogens is 1. The van der Waals surface area contributed by atoms with Crippen LogP contribution in [0.3, 0.4) is 0 Å². The Morgan fingerprint density at radius 1 is 0.929 bits per heavy atom. The van der Waals surface area contributed by atoms with Gasteiger partial charge in [-0.05, 0) is 48.7 Å². The van der Waals surface area contributed by atoms with Crippen LogP contribution in [-0.2, 0) is 19.3 Å². The number of aryl methyl sites for hydroxylation is 2. The summed E-state index contributed by atoms with van der Waals surface area (Å²) in [5, 5.41) is 0. The van der Waals surface area contributed by atoms with E-state index in [1.807, 2.05) is 6.07 Å². The van der Waals surface area contributed by atoms with Gasteiger partial charge < -0.3 is 4.57 Å². The van der Waals surface area contributed by atoms with E-state index in [9.17, 15) is 13.2 Å². The van der Waals surface area contributed by atoms with Crippen molar-refractivity contribution in [3.8, 4) is 0 Å². The van der Waals surface area contributed by atoms with Crippen LogP contribution in [0.15, 0.2) is 66.9 Å². The van der Waals surface area contributed by atoms with Gasteiger partial charge in [0.1, 0.15) is 0 Å². The number of hydrogen-bond acceptors (Lipinski definition) is 1. The minimum absolute atomic E-state index is 0.0684. The Morgan fingerprint density at radius 2 is 1.64 bits per heavy atom. The molecule has 0 N–H and O–H groups in total. The zero-order valence-electron chi connectivity index (χ0n) is 15.8. The molecule has 3 aromatic rings. The molecule has 0 radical (unpaired) electrons. The van der Waals surface area contributed by atoms with Gasteiger partial charge in [0.05, 0.1) is 11.6 Å². The number of rotatable bonds is 3. The molecule has 0 spiro atoms. The first-order chi connectivity index (χ1) is 13.4. The van der Waals surface area contributed by atoms with Crippen LogP contribution in [0.5, 0.6) is 0 Å². The molecule has 1 aromatic heterocycles. The van der Waals surface area contributed by atoms with Gasteiger partial charge in [-0.1, -0.05) is 42.0 Å². The number of fused-ring (bicyclic) bond motifs is 1. The summed E-state index contributed by atoms with van der Waals surface area (Å²) >= 11 is 0. The van der Waals surface area contributed by atoms with Crippen LogP contribution in [0.25, 0.3) is 0 Å². The first-order valence-corrected chi connectivity index (χ1v) is 9.53. The smallest absolute Gasteiger partial charge is 0.350 e. The van der Waals surface area contributed by atoms with Crippen molar-refractivity contribution in [1.82, 2.24) is 9.47 Å². The van der Waals surface area contributed by atoms with Crippen LogP contribution in [0.4, 0.5) is 13.2 Å². The van der Waals surface area contributed by atoms with Crippen molar-refractivity contribution >= 4 is 0 Å². The van der Waals surface area contributed by atoms with Crippen molar-refractivity contribution in [2.24, 2.45) is 0 Å². The van der Waals surface area contributed by atoms with E-state index < -0.39 is 11.7 Å². The summed E-state index contributed by atoms with van der Waals surface area (Å²) in [5.41, 5.74) is 3.84. The van der Waals surface area contributed by atoms with E-state index in [-0.39, 0.29) is 6.04 Å². The van der Waals surface area contributed by atoms with Gasteiger partial charge in [0.25, 0.3) is 0 Å². The summed E-state index contributed by atoms with van der Waals surface area (Å²) in [6.45, 7) is 4.63. The van der Waals surface area contributed by atoms with Crippen LogP contribution >= 0.6 is 0 Å². The number of benzene rings is 2. The molecule has 4 rings (SSSR count). The molecule has 0 saturated heterocycles. The van der Waals surface area contributed by atoms with E-state index in [1.165, 1.54) is 23.3 Å². The van der Waals surface area contributed by atoms with Crippen molar-refractivity contribution in [3.63, 3.8) is 0 Å².